The van der Waals surface area contributed by atoms with E-state index in [9.17, 15) is 9.90 Å². The van der Waals surface area contributed by atoms with Crippen LogP contribution in [0.25, 0.3) is 10.3 Å². The van der Waals surface area contributed by atoms with E-state index >= 15 is 0 Å². The van der Waals surface area contributed by atoms with Crippen LogP contribution in [0, 0.1) is 0 Å². The lowest BCUT2D eigenvalue weighted by Crippen LogP contribution is -2.58. The smallest absolute Gasteiger partial charge is 0.260 e. The summed E-state index contributed by atoms with van der Waals surface area (Å²) in [5.74, 6) is 1.90. The van der Waals surface area contributed by atoms with Gasteiger partial charge in [0.25, 0.3) is 5.91 Å². The van der Waals surface area contributed by atoms with Gasteiger partial charge in [-0.25, -0.2) is 9.97 Å². The molecule has 0 saturated carbocycles. The van der Waals surface area contributed by atoms with Gasteiger partial charge >= 0.3 is 0 Å². The van der Waals surface area contributed by atoms with Crippen LogP contribution in [0.15, 0.2) is 29.8 Å². The highest BCUT2D eigenvalue weighted by Gasteiger charge is 2.32. The van der Waals surface area contributed by atoms with E-state index in [1.165, 1.54) is 11.3 Å². The van der Waals surface area contributed by atoms with Crippen molar-refractivity contribution in [3.63, 3.8) is 0 Å². The molecule has 1 aromatic carbocycles. The second-order valence-electron chi connectivity index (χ2n) is 6.75. The monoisotopic (exact) mass is 430 g/mol. The van der Waals surface area contributed by atoms with Crippen molar-refractivity contribution in [3.05, 3.63) is 29.8 Å². The molecule has 2 aromatic heterocycles. The Balaban J connectivity index is 1.42. The summed E-state index contributed by atoms with van der Waals surface area (Å²) in [5, 5.41) is 9.90. The summed E-state index contributed by atoms with van der Waals surface area (Å²) in [6.45, 7) is 1.08. The van der Waals surface area contributed by atoms with E-state index in [1.54, 1.807) is 41.8 Å². The molecule has 3 heterocycles. The molecule has 3 aromatic rings. The minimum Gasteiger partial charge on any atom is -0.497 e. The van der Waals surface area contributed by atoms with E-state index in [-0.39, 0.29) is 25.1 Å². The number of ether oxygens (including phenoxy) is 2. The predicted molar refractivity (Wildman–Crippen MR) is 113 cm³/mol. The van der Waals surface area contributed by atoms with Gasteiger partial charge in [0.05, 0.1) is 25.3 Å². The van der Waals surface area contributed by atoms with E-state index < -0.39 is 6.04 Å². The Labute approximate surface area is 176 Å². The summed E-state index contributed by atoms with van der Waals surface area (Å²) >= 11 is 1.39. The number of nitrogens with zero attached hydrogens (tertiary/aromatic N) is 5. The summed E-state index contributed by atoms with van der Waals surface area (Å²) in [4.78, 5) is 29.9. The summed E-state index contributed by atoms with van der Waals surface area (Å²) in [7, 11) is 1.59. The quantitative estimate of drug-likeness (QED) is 0.583. The van der Waals surface area contributed by atoms with Crippen molar-refractivity contribution in [1.29, 1.82) is 0 Å². The Morgan fingerprint density at radius 2 is 2.03 bits per heavy atom. The zero-order chi connectivity index (χ0) is 21.1. The molecule has 30 heavy (non-hydrogen) atoms. The number of benzene rings is 1. The Kier molecular flexibility index (Phi) is 5.81. The third-order valence-electron chi connectivity index (χ3n) is 4.93. The van der Waals surface area contributed by atoms with Crippen LogP contribution in [0.3, 0.4) is 0 Å². The topological polar surface area (TPSA) is 127 Å². The molecular formula is C19H22N6O4S. The molecule has 1 unspecified atom stereocenters. The SMILES string of the molecule is COc1ccc(OCC(=O)N2CCN(c3nc(N)nc4scnc34)CC2CO)cc1. The van der Waals surface area contributed by atoms with Crippen LogP contribution in [-0.4, -0.2) is 76.9 Å². The molecule has 4 rings (SSSR count). The van der Waals surface area contributed by atoms with E-state index in [1.807, 2.05) is 4.90 Å². The van der Waals surface area contributed by atoms with Gasteiger partial charge in [-0.05, 0) is 24.3 Å². The molecule has 3 N–H and O–H groups in total. The molecule has 0 bridgehead atoms. The van der Waals surface area contributed by atoms with Crippen molar-refractivity contribution in [2.45, 2.75) is 6.04 Å². The number of amides is 1. The highest BCUT2D eigenvalue weighted by atomic mass is 32.1. The van der Waals surface area contributed by atoms with Gasteiger partial charge in [0.2, 0.25) is 5.95 Å². The molecule has 158 valence electrons. The van der Waals surface area contributed by atoms with Crippen molar-refractivity contribution >= 4 is 39.4 Å². The first kappa shape index (κ1) is 20.1. The van der Waals surface area contributed by atoms with Gasteiger partial charge in [-0.1, -0.05) is 0 Å². The standard InChI is InChI=1S/C19H22N6O4S/c1-28-13-2-4-14(5-3-13)29-10-15(27)25-7-6-24(8-12(25)9-26)17-16-18(30-11-21-16)23-19(20)22-17/h2-5,11-12,26H,6-10H2,1H3,(H2,20,22,23). The van der Waals surface area contributed by atoms with Crippen molar-refractivity contribution < 1.29 is 19.4 Å². The number of carbonyl (C=O) groups is 1. The number of aliphatic hydroxyl groups excluding tert-OH is 1. The lowest BCUT2D eigenvalue weighted by molar-refractivity contribution is -0.137. The first-order valence-electron chi connectivity index (χ1n) is 9.38. The molecule has 1 atom stereocenters. The summed E-state index contributed by atoms with van der Waals surface area (Å²) in [6, 6.07) is 6.62. The second kappa shape index (κ2) is 8.67. The number of anilines is 2. The van der Waals surface area contributed by atoms with Crippen molar-refractivity contribution in [1.82, 2.24) is 19.9 Å². The van der Waals surface area contributed by atoms with Crippen molar-refractivity contribution in [3.8, 4) is 11.5 Å². The number of methoxy groups -OCH3 is 1. The number of fused-ring (bicyclic) bond motifs is 1. The first-order valence-corrected chi connectivity index (χ1v) is 10.3. The number of hydrogen-bond acceptors (Lipinski definition) is 10. The largest absolute Gasteiger partial charge is 0.497 e. The van der Waals surface area contributed by atoms with Crippen LogP contribution in [0.4, 0.5) is 11.8 Å². The van der Waals surface area contributed by atoms with Gasteiger partial charge in [0, 0.05) is 19.6 Å². The molecule has 1 fully saturated rings. The summed E-state index contributed by atoms with van der Waals surface area (Å²) < 4.78 is 10.7. The number of nitrogens with two attached hydrogens (primary N) is 1. The third-order valence-corrected chi connectivity index (χ3v) is 5.65. The van der Waals surface area contributed by atoms with Gasteiger partial charge in [-0.3, -0.25) is 4.79 Å². The summed E-state index contributed by atoms with van der Waals surface area (Å²) in [6.07, 6.45) is 0. The summed E-state index contributed by atoms with van der Waals surface area (Å²) in [5.41, 5.74) is 8.21. The van der Waals surface area contributed by atoms with Crippen LogP contribution < -0.4 is 20.1 Å². The normalized spacial score (nSPS) is 16.7. The van der Waals surface area contributed by atoms with Gasteiger partial charge < -0.3 is 30.1 Å². The predicted octanol–water partition coefficient (Wildman–Crippen LogP) is 0.766. The molecule has 1 saturated heterocycles. The van der Waals surface area contributed by atoms with Gasteiger partial charge in [-0.15, -0.1) is 11.3 Å². The fourth-order valence-corrected chi connectivity index (χ4v) is 4.08. The maximum absolute atomic E-state index is 12.7. The molecule has 0 spiro atoms. The number of piperazine rings is 1. The van der Waals surface area contributed by atoms with Crippen LogP contribution in [-0.2, 0) is 4.79 Å². The number of hydrogen-bond donors (Lipinski definition) is 2. The van der Waals surface area contributed by atoms with Crippen LogP contribution in [0.5, 0.6) is 11.5 Å². The Morgan fingerprint density at radius 3 is 2.77 bits per heavy atom. The number of thiazole rings is 1. The third kappa shape index (κ3) is 4.07. The number of aromatic nitrogens is 3. The maximum Gasteiger partial charge on any atom is 0.260 e. The molecule has 10 nitrogen and oxygen atoms in total. The first-order chi connectivity index (χ1) is 14.6. The Hall–Kier alpha value is -3.18. The van der Waals surface area contributed by atoms with Gasteiger partial charge in [0.15, 0.2) is 17.3 Å². The fourth-order valence-electron chi connectivity index (χ4n) is 3.42. The molecule has 0 radical (unpaired) electrons. The average Bonchev–Trinajstić information content (AvgIpc) is 3.25. The number of carbonyl (C=O) groups excluding carboxylic acids is 1. The molecule has 1 aliphatic heterocycles. The maximum atomic E-state index is 12.7. The Morgan fingerprint density at radius 1 is 1.27 bits per heavy atom. The minimum atomic E-state index is -0.393. The molecule has 1 aliphatic rings. The lowest BCUT2D eigenvalue weighted by Gasteiger charge is -2.41. The fraction of sp³-hybridized carbons (Fsp3) is 0.368. The second-order valence-corrected chi connectivity index (χ2v) is 7.58. The van der Waals surface area contributed by atoms with E-state index in [4.69, 9.17) is 15.2 Å². The highest BCUT2D eigenvalue weighted by molar-refractivity contribution is 7.16. The van der Waals surface area contributed by atoms with E-state index in [0.29, 0.717) is 47.3 Å². The molecule has 0 aliphatic carbocycles. The highest BCUT2D eigenvalue weighted by Crippen LogP contribution is 2.28. The Bertz CT molecular complexity index is 1030. The molecule has 1 amide bonds. The van der Waals surface area contributed by atoms with Gasteiger partial charge in [-0.2, -0.15) is 4.98 Å². The van der Waals surface area contributed by atoms with E-state index in [2.05, 4.69) is 15.0 Å². The number of nitrogen functional groups attached to an aromatic ring is 1. The van der Waals surface area contributed by atoms with Crippen molar-refractivity contribution in [2.75, 3.05) is 50.6 Å². The number of rotatable bonds is 6. The molecule has 11 heteroatoms. The molecular weight excluding hydrogens is 408 g/mol. The zero-order valence-electron chi connectivity index (χ0n) is 16.4. The van der Waals surface area contributed by atoms with Crippen molar-refractivity contribution in [2.24, 2.45) is 0 Å². The minimum absolute atomic E-state index is 0.111. The number of aliphatic hydroxyl groups is 1. The van der Waals surface area contributed by atoms with Crippen LogP contribution in [0.1, 0.15) is 0 Å². The van der Waals surface area contributed by atoms with Crippen LogP contribution >= 0.6 is 11.3 Å². The lowest BCUT2D eigenvalue weighted by atomic mass is 10.1. The van der Waals surface area contributed by atoms with Crippen LogP contribution in [0.2, 0.25) is 0 Å². The van der Waals surface area contributed by atoms with Gasteiger partial charge in [0.1, 0.15) is 17.0 Å². The van der Waals surface area contributed by atoms with E-state index in [0.717, 1.165) is 0 Å². The zero-order valence-corrected chi connectivity index (χ0v) is 17.2. The average molecular weight is 430 g/mol.